The van der Waals surface area contributed by atoms with Crippen molar-refractivity contribution in [3.8, 4) is 0 Å². The highest BCUT2D eigenvalue weighted by Crippen LogP contribution is 2.18. The first-order valence-electron chi connectivity index (χ1n) is 7.95. The Morgan fingerprint density at radius 2 is 1.76 bits per heavy atom. The van der Waals surface area contributed by atoms with Gasteiger partial charge in [-0.2, -0.15) is 0 Å². The maximum atomic E-state index is 12.4. The summed E-state index contributed by atoms with van der Waals surface area (Å²) in [5, 5.41) is 7.73. The molecule has 1 aliphatic heterocycles. The fourth-order valence-corrected chi connectivity index (χ4v) is 3.21. The number of carbonyl (C=O) groups excluding carboxylic acids is 1. The molecule has 1 fully saturated rings. The number of nitrogens with zero attached hydrogens (tertiary/aromatic N) is 3. The van der Waals surface area contributed by atoms with Gasteiger partial charge < -0.3 is 10.2 Å². The third kappa shape index (κ3) is 4.31. The Morgan fingerprint density at radius 3 is 2.40 bits per heavy atom. The van der Waals surface area contributed by atoms with E-state index >= 15 is 0 Å². The Kier molecular flexibility index (Phi) is 4.95. The number of carbonyl (C=O) groups is 1. The zero-order valence-corrected chi connectivity index (χ0v) is 14.4. The SMILES string of the molecule is NS(=O)(=O)c1ccc(NC(=O)c2cc(N3CCCCC3)ncn2)cc1. The number of rotatable bonds is 4. The highest BCUT2D eigenvalue weighted by atomic mass is 32.2. The number of nitrogens with one attached hydrogen (secondary N) is 1. The van der Waals surface area contributed by atoms with Crippen LogP contribution in [0.5, 0.6) is 0 Å². The molecule has 0 bridgehead atoms. The van der Waals surface area contributed by atoms with Crippen molar-refractivity contribution in [2.24, 2.45) is 5.14 Å². The van der Waals surface area contributed by atoms with Gasteiger partial charge >= 0.3 is 0 Å². The van der Waals surface area contributed by atoms with E-state index in [9.17, 15) is 13.2 Å². The molecule has 1 amide bonds. The number of aromatic nitrogens is 2. The number of hydrogen-bond acceptors (Lipinski definition) is 6. The van der Waals surface area contributed by atoms with Crippen LogP contribution in [0.2, 0.25) is 0 Å². The summed E-state index contributed by atoms with van der Waals surface area (Å²) in [6, 6.07) is 7.29. The highest BCUT2D eigenvalue weighted by molar-refractivity contribution is 7.89. The molecule has 1 aliphatic rings. The Labute approximate surface area is 146 Å². The fraction of sp³-hybridized carbons (Fsp3) is 0.312. The number of amides is 1. The third-order valence-electron chi connectivity index (χ3n) is 4.01. The molecule has 0 spiro atoms. The molecule has 0 unspecified atom stereocenters. The van der Waals surface area contributed by atoms with Gasteiger partial charge in [-0.3, -0.25) is 4.79 Å². The number of nitrogens with two attached hydrogens (primary N) is 1. The van der Waals surface area contributed by atoms with Gasteiger partial charge in [-0.25, -0.2) is 23.5 Å². The average Bonchev–Trinajstić information content (AvgIpc) is 2.62. The minimum atomic E-state index is -3.76. The molecule has 1 aromatic carbocycles. The smallest absolute Gasteiger partial charge is 0.274 e. The normalized spacial score (nSPS) is 15.0. The molecule has 25 heavy (non-hydrogen) atoms. The lowest BCUT2D eigenvalue weighted by atomic mass is 10.1. The van der Waals surface area contributed by atoms with Gasteiger partial charge in [0.15, 0.2) is 0 Å². The molecule has 2 aromatic rings. The lowest BCUT2D eigenvalue weighted by molar-refractivity contribution is 0.102. The Morgan fingerprint density at radius 1 is 1.08 bits per heavy atom. The Balaban J connectivity index is 1.72. The molecule has 8 nitrogen and oxygen atoms in total. The summed E-state index contributed by atoms with van der Waals surface area (Å²) in [4.78, 5) is 22.8. The van der Waals surface area contributed by atoms with Crippen LogP contribution in [0.3, 0.4) is 0 Å². The van der Waals surface area contributed by atoms with Crippen molar-refractivity contribution in [1.29, 1.82) is 0 Å². The van der Waals surface area contributed by atoms with E-state index in [4.69, 9.17) is 5.14 Å². The molecule has 0 aliphatic carbocycles. The molecule has 3 rings (SSSR count). The van der Waals surface area contributed by atoms with Gasteiger partial charge in [-0.05, 0) is 43.5 Å². The van der Waals surface area contributed by atoms with Crippen molar-refractivity contribution in [2.75, 3.05) is 23.3 Å². The van der Waals surface area contributed by atoms with Crippen molar-refractivity contribution < 1.29 is 13.2 Å². The molecule has 3 N–H and O–H groups in total. The van der Waals surface area contributed by atoms with E-state index in [2.05, 4.69) is 20.2 Å². The molecule has 2 heterocycles. The fourth-order valence-electron chi connectivity index (χ4n) is 2.69. The van der Waals surface area contributed by atoms with E-state index in [-0.39, 0.29) is 16.5 Å². The van der Waals surface area contributed by atoms with Gasteiger partial charge in [0.2, 0.25) is 10.0 Å². The minimum Gasteiger partial charge on any atom is -0.357 e. The summed E-state index contributed by atoms with van der Waals surface area (Å²) in [5.41, 5.74) is 0.710. The van der Waals surface area contributed by atoms with Crippen LogP contribution in [0, 0.1) is 0 Å². The van der Waals surface area contributed by atoms with E-state index in [1.54, 1.807) is 6.07 Å². The highest BCUT2D eigenvalue weighted by Gasteiger charge is 2.15. The largest absolute Gasteiger partial charge is 0.357 e. The lowest BCUT2D eigenvalue weighted by Gasteiger charge is -2.27. The van der Waals surface area contributed by atoms with Crippen molar-refractivity contribution in [3.63, 3.8) is 0 Å². The van der Waals surface area contributed by atoms with Crippen LogP contribution in [0.1, 0.15) is 29.8 Å². The summed E-state index contributed by atoms with van der Waals surface area (Å²) < 4.78 is 22.5. The van der Waals surface area contributed by atoms with Gasteiger partial charge in [0.1, 0.15) is 17.8 Å². The van der Waals surface area contributed by atoms with Crippen LogP contribution in [0.15, 0.2) is 41.6 Å². The summed E-state index contributed by atoms with van der Waals surface area (Å²) in [5.74, 6) is 0.355. The molecule has 0 atom stereocenters. The predicted octanol–water partition coefficient (Wildman–Crippen LogP) is 1.37. The number of sulfonamides is 1. The predicted molar refractivity (Wildman–Crippen MR) is 93.9 cm³/mol. The lowest BCUT2D eigenvalue weighted by Crippen LogP contribution is -2.30. The Hall–Kier alpha value is -2.52. The first kappa shape index (κ1) is 17.3. The van der Waals surface area contributed by atoms with Crippen LogP contribution in [-0.4, -0.2) is 37.4 Å². The first-order valence-corrected chi connectivity index (χ1v) is 9.49. The monoisotopic (exact) mass is 361 g/mol. The Bertz CT molecular complexity index is 862. The topological polar surface area (TPSA) is 118 Å². The van der Waals surface area contributed by atoms with Crippen LogP contribution >= 0.6 is 0 Å². The summed E-state index contributed by atoms with van der Waals surface area (Å²) in [7, 11) is -3.76. The van der Waals surface area contributed by atoms with Crippen LogP contribution in [0.4, 0.5) is 11.5 Å². The summed E-state index contributed by atoms with van der Waals surface area (Å²) in [6.07, 6.45) is 4.82. The van der Waals surface area contributed by atoms with Gasteiger partial charge in [-0.1, -0.05) is 0 Å². The molecular weight excluding hydrogens is 342 g/mol. The molecule has 9 heteroatoms. The zero-order valence-electron chi connectivity index (χ0n) is 13.6. The molecule has 1 aromatic heterocycles. The van der Waals surface area contributed by atoms with Crippen molar-refractivity contribution in [1.82, 2.24) is 9.97 Å². The van der Waals surface area contributed by atoms with Gasteiger partial charge in [0.05, 0.1) is 4.90 Å². The number of piperidine rings is 1. The molecular formula is C16H19N5O3S. The summed E-state index contributed by atoms with van der Waals surface area (Å²) in [6.45, 7) is 1.85. The maximum absolute atomic E-state index is 12.4. The van der Waals surface area contributed by atoms with Gasteiger partial charge in [-0.15, -0.1) is 0 Å². The molecule has 1 saturated heterocycles. The van der Waals surface area contributed by atoms with E-state index in [1.807, 2.05) is 0 Å². The molecule has 0 saturated carbocycles. The maximum Gasteiger partial charge on any atom is 0.274 e. The quantitative estimate of drug-likeness (QED) is 0.849. The first-order chi connectivity index (χ1) is 11.9. The van der Waals surface area contributed by atoms with E-state index in [1.165, 1.54) is 37.0 Å². The average molecular weight is 361 g/mol. The number of primary sulfonamides is 1. The van der Waals surface area contributed by atoms with Crippen molar-refractivity contribution >= 4 is 27.4 Å². The van der Waals surface area contributed by atoms with Gasteiger partial charge in [0, 0.05) is 24.8 Å². The van der Waals surface area contributed by atoms with E-state index < -0.39 is 10.0 Å². The standard InChI is InChI=1S/C16H19N5O3S/c17-25(23,24)13-6-4-12(5-7-13)20-16(22)14-10-15(19-11-18-14)21-8-2-1-3-9-21/h4-7,10-11H,1-3,8-9H2,(H,20,22)(H2,17,23,24). The number of anilines is 2. The summed E-state index contributed by atoms with van der Waals surface area (Å²) >= 11 is 0. The van der Waals surface area contributed by atoms with E-state index in [0.717, 1.165) is 31.7 Å². The van der Waals surface area contributed by atoms with Crippen LogP contribution in [-0.2, 0) is 10.0 Å². The van der Waals surface area contributed by atoms with Crippen LogP contribution < -0.4 is 15.4 Å². The van der Waals surface area contributed by atoms with Crippen molar-refractivity contribution in [3.05, 3.63) is 42.4 Å². The second-order valence-corrected chi connectivity index (χ2v) is 7.39. The van der Waals surface area contributed by atoms with Gasteiger partial charge in [0.25, 0.3) is 5.91 Å². The van der Waals surface area contributed by atoms with Crippen LogP contribution in [0.25, 0.3) is 0 Å². The number of benzene rings is 1. The third-order valence-corrected chi connectivity index (χ3v) is 4.94. The number of hydrogen-bond donors (Lipinski definition) is 2. The zero-order chi connectivity index (χ0) is 17.9. The second kappa shape index (κ2) is 7.16. The van der Waals surface area contributed by atoms with E-state index in [0.29, 0.717) is 5.69 Å². The van der Waals surface area contributed by atoms with Crippen molar-refractivity contribution in [2.45, 2.75) is 24.2 Å². The second-order valence-electron chi connectivity index (χ2n) is 5.83. The molecule has 132 valence electrons. The molecule has 0 radical (unpaired) electrons. The minimum absolute atomic E-state index is 0.0140.